The number of carbonyl (C=O) groups is 2. The van der Waals surface area contributed by atoms with Crippen LogP contribution in [0.1, 0.15) is 0 Å². The molecular weight excluding hydrogens is 328 g/mol. The standard InChI is InChI=1S/C20H24N4O2/c1-22(2)17-10-8-16(9-11-17)21-19(25)20(26)24-14-12-23(13-15-24)18-6-4-3-5-7-18/h3-11H,12-15H2,1-2H3,(H,21,25). The molecule has 1 saturated heterocycles. The van der Waals surface area contributed by atoms with Gasteiger partial charge >= 0.3 is 11.8 Å². The van der Waals surface area contributed by atoms with Crippen LogP contribution in [0.2, 0.25) is 0 Å². The maximum Gasteiger partial charge on any atom is 0.313 e. The molecule has 3 rings (SSSR count). The monoisotopic (exact) mass is 352 g/mol. The van der Waals surface area contributed by atoms with Crippen LogP contribution in [0, 0.1) is 0 Å². The summed E-state index contributed by atoms with van der Waals surface area (Å²) in [5.41, 5.74) is 2.80. The van der Waals surface area contributed by atoms with Gasteiger partial charge in [0.25, 0.3) is 0 Å². The molecule has 136 valence electrons. The van der Waals surface area contributed by atoms with Crippen molar-refractivity contribution < 1.29 is 9.59 Å². The largest absolute Gasteiger partial charge is 0.378 e. The summed E-state index contributed by atoms with van der Waals surface area (Å²) in [5.74, 6) is -1.06. The van der Waals surface area contributed by atoms with Crippen molar-refractivity contribution in [1.82, 2.24) is 4.90 Å². The van der Waals surface area contributed by atoms with E-state index in [1.165, 1.54) is 0 Å². The topological polar surface area (TPSA) is 55.9 Å². The van der Waals surface area contributed by atoms with Gasteiger partial charge in [-0.15, -0.1) is 0 Å². The van der Waals surface area contributed by atoms with Crippen molar-refractivity contribution in [3.05, 3.63) is 54.6 Å². The molecule has 6 nitrogen and oxygen atoms in total. The smallest absolute Gasteiger partial charge is 0.313 e. The third kappa shape index (κ3) is 4.14. The zero-order valence-corrected chi connectivity index (χ0v) is 15.2. The molecule has 0 unspecified atom stereocenters. The molecule has 1 heterocycles. The van der Waals surface area contributed by atoms with Crippen molar-refractivity contribution in [1.29, 1.82) is 0 Å². The normalized spacial score (nSPS) is 14.1. The lowest BCUT2D eigenvalue weighted by atomic mass is 10.2. The predicted molar refractivity (Wildman–Crippen MR) is 105 cm³/mol. The van der Waals surface area contributed by atoms with E-state index in [4.69, 9.17) is 0 Å². The predicted octanol–water partition coefficient (Wildman–Crippen LogP) is 2.04. The molecule has 2 aromatic rings. The highest BCUT2D eigenvalue weighted by Gasteiger charge is 2.26. The van der Waals surface area contributed by atoms with Crippen LogP contribution in [0.3, 0.4) is 0 Å². The van der Waals surface area contributed by atoms with E-state index in [2.05, 4.69) is 22.3 Å². The zero-order valence-electron chi connectivity index (χ0n) is 15.2. The third-order valence-corrected chi connectivity index (χ3v) is 4.52. The molecule has 1 aliphatic rings. The minimum absolute atomic E-state index is 0.477. The Morgan fingerprint density at radius 2 is 1.50 bits per heavy atom. The maximum absolute atomic E-state index is 12.4. The first-order valence-electron chi connectivity index (χ1n) is 8.72. The number of rotatable bonds is 3. The van der Waals surface area contributed by atoms with Gasteiger partial charge in [0.2, 0.25) is 0 Å². The van der Waals surface area contributed by atoms with Crippen LogP contribution in [0.5, 0.6) is 0 Å². The molecule has 0 bridgehead atoms. The number of piperazine rings is 1. The van der Waals surface area contributed by atoms with E-state index < -0.39 is 11.8 Å². The average molecular weight is 352 g/mol. The van der Waals surface area contributed by atoms with E-state index >= 15 is 0 Å². The Hall–Kier alpha value is -3.02. The molecule has 0 saturated carbocycles. The second kappa shape index (κ2) is 7.91. The minimum Gasteiger partial charge on any atom is -0.378 e. The van der Waals surface area contributed by atoms with Crippen molar-refractivity contribution in [3.63, 3.8) is 0 Å². The first kappa shape index (κ1) is 17.8. The fourth-order valence-corrected chi connectivity index (χ4v) is 2.98. The number of amides is 2. The van der Waals surface area contributed by atoms with E-state index in [0.29, 0.717) is 18.8 Å². The first-order valence-corrected chi connectivity index (χ1v) is 8.72. The van der Waals surface area contributed by atoms with Crippen LogP contribution < -0.4 is 15.1 Å². The Labute approximate surface area is 154 Å². The summed E-state index contributed by atoms with van der Waals surface area (Å²) in [6.07, 6.45) is 0. The van der Waals surface area contributed by atoms with Gasteiger partial charge in [-0.25, -0.2) is 0 Å². The summed E-state index contributed by atoms with van der Waals surface area (Å²) in [6, 6.07) is 17.5. The number of carbonyl (C=O) groups excluding carboxylic acids is 2. The third-order valence-electron chi connectivity index (χ3n) is 4.52. The molecule has 0 radical (unpaired) electrons. The lowest BCUT2D eigenvalue weighted by Gasteiger charge is -2.35. The highest BCUT2D eigenvalue weighted by molar-refractivity contribution is 6.39. The van der Waals surface area contributed by atoms with Gasteiger partial charge in [0.15, 0.2) is 0 Å². The number of anilines is 3. The van der Waals surface area contributed by atoms with E-state index in [0.717, 1.165) is 24.5 Å². The second-order valence-electron chi connectivity index (χ2n) is 6.51. The number of hydrogen-bond acceptors (Lipinski definition) is 4. The molecular formula is C20H24N4O2. The lowest BCUT2D eigenvalue weighted by molar-refractivity contribution is -0.143. The van der Waals surface area contributed by atoms with Crippen LogP contribution in [-0.2, 0) is 9.59 Å². The Morgan fingerprint density at radius 1 is 0.885 bits per heavy atom. The fourth-order valence-electron chi connectivity index (χ4n) is 2.98. The van der Waals surface area contributed by atoms with Crippen molar-refractivity contribution in [2.45, 2.75) is 0 Å². The van der Waals surface area contributed by atoms with Gasteiger partial charge in [-0.2, -0.15) is 0 Å². The molecule has 6 heteroatoms. The molecule has 1 N–H and O–H groups in total. The number of nitrogens with zero attached hydrogens (tertiary/aromatic N) is 3. The first-order chi connectivity index (χ1) is 12.5. The van der Waals surface area contributed by atoms with Crippen LogP contribution in [0.4, 0.5) is 17.1 Å². The number of hydrogen-bond donors (Lipinski definition) is 1. The Kier molecular flexibility index (Phi) is 5.41. The highest BCUT2D eigenvalue weighted by atomic mass is 16.2. The Balaban J connectivity index is 1.54. The van der Waals surface area contributed by atoms with Crippen molar-refractivity contribution in [3.8, 4) is 0 Å². The summed E-state index contributed by atoms with van der Waals surface area (Å²) in [7, 11) is 3.90. The van der Waals surface area contributed by atoms with Gasteiger partial charge < -0.3 is 20.0 Å². The van der Waals surface area contributed by atoms with E-state index in [1.807, 2.05) is 49.3 Å². The molecule has 2 aromatic carbocycles. The van der Waals surface area contributed by atoms with Crippen LogP contribution >= 0.6 is 0 Å². The number of para-hydroxylation sites is 1. The van der Waals surface area contributed by atoms with Crippen LogP contribution in [-0.4, -0.2) is 57.0 Å². The molecule has 26 heavy (non-hydrogen) atoms. The zero-order chi connectivity index (χ0) is 18.5. The maximum atomic E-state index is 12.4. The molecule has 0 atom stereocenters. The fraction of sp³-hybridized carbons (Fsp3) is 0.300. The summed E-state index contributed by atoms with van der Waals surface area (Å²) >= 11 is 0. The van der Waals surface area contributed by atoms with Crippen molar-refractivity contribution in [2.75, 3.05) is 55.4 Å². The van der Waals surface area contributed by atoms with Gasteiger partial charge in [0, 0.05) is 57.3 Å². The number of nitrogens with one attached hydrogen (secondary N) is 1. The van der Waals surface area contributed by atoms with Crippen LogP contribution in [0.15, 0.2) is 54.6 Å². The number of benzene rings is 2. The van der Waals surface area contributed by atoms with Gasteiger partial charge in [0.1, 0.15) is 0 Å². The summed E-state index contributed by atoms with van der Waals surface area (Å²) in [6.45, 7) is 2.53. The van der Waals surface area contributed by atoms with E-state index in [-0.39, 0.29) is 0 Å². The lowest BCUT2D eigenvalue weighted by Crippen LogP contribution is -2.51. The SMILES string of the molecule is CN(C)c1ccc(NC(=O)C(=O)N2CCN(c3ccccc3)CC2)cc1. The van der Waals surface area contributed by atoms with Crippen molar-refractivity contribution >= 4 is 28.9 Å². The summed E-state index contributed by atoms with van der Waals surface area (Å²) < 4.78 is 0. The highest BCUT2D eigenvalue weighted by Crippen LogP contribution is 2.17. The van der Waals surface area contributed by atoms with Crippen molar-refractivity contribution in [2.24, 2.45) is 0 Å². The Morgan fingerprint density at radius 3 is 2.08 bits per heavy atom. The van der Waals surface area contributed by atoms with E-state index in [1.54, 1.807) is 17.0 Å². The quantitative estimate of drug-likeness (QED) is 0.859. The average Bonchev–Trinajstić information content (AvgIpc) is 2.68. The molecule has 0 aliphatic carbocycles. The van der Waals surface area contributed by atoms with E-state index in [9.17, 15) is 9.59 Å². The molecule has 0 aromatic heterocycles. The summed E-state index contributed by atoms with van der Waals surface area (Å²) in [5, 5.41) is 2.69. The second-order valence-corrected chi connectivity index (χ2v) is 6.51. The van der Waals surface area contributed by atoms with Gasteiger partial charge in [-0.3, -0.25) is 9.59 Å². The molecule has 1 aliphatic heterocycles. The van der Waals surface area contributed by atoms with Gasteiger partial charge in [0.05, 0.1) is 0 Å². The minimum atomic E-state index is -0.587. The Bertz CT molecular complexity index is 751. The molecule has 0 spiro atoms. The van der Waals surface area contributed by atoms with Crippen LogP contribution in [0.25, 0.3) is 0 Å². The molecule has 2 amide bonds. The summed E-state index contributed by atoms with van der Waals surface area (Å²) in [4.78, 5) is 30.5. The molecule has 1 fully saturated rings. The van der Waals surface area contributed by atoms with Gasteiger partial charge in [-0.05, 0) is 36.4 Å². The van der Waals surface area contributed by atoms with Gasteiger partial charge in [-0.1, -0.05) is 18.2 Å².